The summed E-state index contributed by atoms with van der Waals surface area (Å²) in [6.07, 6.45) is 0. The van der Waals surface area contributed by atoms with E-state index >= 15 is 0 Å². The molecule has 0 saturated heterocycles. The molecule has 0 aliphatic heterocycles. The van der Waals surface area contributed by atoms with Crippen molar-refractivity contribution in [3.63, 3.8) is 0 Å². The SMILES string of the molecule is CC(C)(C)NCCOC(=O)c1ccc(N)cc1Cl. The molecule has 0 saturated carbocycles. The zero-order valence-electron chi connectivity index (χ0n) is 10.9. The number of halogens is 1. The zero-order valence-corrected chi connectivity index (χ0v) is 11.7. The molecule has 5 heteroatoms. The second kappa shape index (κ2) is 6.07. The number of rotatable bonds is 4. The number of esters is 1. The van der Waals surface area contributed by atoms with Crippen LogP contribution in [0, 0.1) is 0 Å². The van der Waals surface area contributed by atoms with Crippen LogP contribution in [0.3, 0.4) is 0 Å². The van der Waals surface area contributed by atoms with Crippen molar-refractivity contribution in [2.45, 2.75) is 26.3 Å². The second-order valence-electron chi connectivity index (χ2n) is 5.05. The molecule has 100 valence electrons. The molecule has 1 rings (SSSR count). The summed E-state index contributed by atoms with van der Waals surface area (Å²) in [6.45, 7) is 7.04. The van der Waals surface area contributed by atoms with E-state index in [-0.39, 0.29) is 5.54 Å². The normalized spacial score (nSPS) is 11.3. The summed E-state index contributed by atoms with van der Waals surface area (Å²) in [5, 5.41) is 3.53. The molecule has 1 aromatic rings. The molecule has 0 amide bonds. The third kappa shape index (κ3) is 4.94. The van der Waals surface area contributed by atoms with Crippen LogP contribution in [0.15, 0.2) is 18.2 Å². The van der Waals surface area contributed by atoms with Gasteiger partial charge in [0, 0.05) is 17.8 Å². The van der Waals surface area contributed by atoms with Crippen molar-refractivity contribution < 1.29 is 9.53 Å². The highest BCUT2D eigenvalue weighted by Crippen LogP contribution is 2.19. The Labute approximate surface area is 112 Å². The maximum Gasteiger partial charge on any atom is 0.339 e. The Morgan fingerprint density at radius 2 is 2.11 bits per heavy atom. The van der Waals surface area contributed by atoms with Gasteiger partial charge in [-0.05, 0) is 39.0 Å². The minimum absolute atomic E-state index is 0.00521. The molecule has 0 radical (unpaired) electrons. The van der Waals surface area contributed by atoms with Crippen molar-refractivity contribution >= 4 is 23.3 Å². The Hall–Kier alpha value is -1.26. The fourth-order valence-corrected chi connectivity index (χ4v) is 1.61. The van der Waals surface area contributed by atoms with Gasteiger partial charge in [-0.1, -0.05) is 11.6 Å². The summed E-state index contributed by atoms with van der Waals surface area (Å²) in [5.74, 6) is -0.435. The van der Waals surface area contributed by atoms with Crippen LogP contribution in [0.5, 0.6) is 0 Å². The molecule has 0 unspecified atom stereocenters. The number of nitrogens with two attached hydrogens (primary N) is 1. The first kappa shape index (κ1) is 14.8. The van der Waals surface area contributed by atoms with E-state index in [0.717, 1.165) is 0 Å². The van der Waals surface area contributed by atoms with Crippen LogP contribution in [0.2, 0.25) is 5.02 Å². The van der Waals surface area contributed by atoms with E-state index in [1.807, 2.05) is 20.8 Å². The minimum atomic E-state index is -0.435. The van der Waals surface area contributed by atoms with Crippen LogP contribution in [0.25, 0.3) is 0 Å². The van der Waals surface area contributed by atoms with Crippen LogP contribution in [-0.2, 0) is 4.74 Å². The lowest BCUT2D eigenvalue weighted by Crippen LogP contribution is -2.38. The summed E-state index contributed by atoms with van der Waals surface area (Å²) >= 11 is 5.91. The highest BCUT2D eigenvalue weighted by Gasteiger charge is 2.13. The van der Waals surface area contributed by atoms with E-state index in [0.29, 0.717) is 29.4 Å². The number of carbonyl (C=O) groups is 1. The predicted molar refractivity (Wildman–Crippen MR) is 73.9 cm³/mol. The summed E-state index contributed by atoms with van der Waals surface area (Å²) in [6, 6.07) is 4.72. The maximum absolute atomic E-state index is 11.7. The fourth-order valence-electron chi connectivity index (χ4n) is 1.34. The fraction of sp³-hybridized carbons (Fsp3) is 0.462. The molecule has 0 aliphatic rings. The molecule has 1 aromatic carbocycles. The van der Waals surface area contributed by atoms with Crippen LogP contribution < -0.4 is 11.1 Å². The van der Waals surface area contributed by atoms with Crippen molar-refractivity contribution in [2.24, 2.45) is 0 Å². The smallest absolute Gasteiger partial charge is 0.339 e. The third-order valence-electron chi connectivity index (χ3n) is 2.20. The highest BCUT2D eigenvalue weighted by atomic mass is 35.5. The van der Waals surface area contributed by atoms with Crippen molar-refractivity contribution in [1.29, 1.82) is 0 Å². The van der Waals surface area contributed by atoms with Gasteiger partial charge in [0.1, 0.15) is 6.61 Å². The largest absolute Gasteiger partial charge is 0.461 e. The van der Waals surface area contributed by atoms with Crippen LogP contribution in [-0.4, -0.2) is 24.7 Å². The molecular weight excluding hydrogens is 252 g/mol. The van der Waals surface area contributed by atoms with Crippen LogP contribution in [0.1, 0.15) is 31.1 Å². The lowest BCUT2D eigenvalue weighted by atomic mass is 10.1. The zero-order chi connectivity index (χ0) is 13.8. The van der Waals surface area contributed by atoms with Crippen molar-refractivity contribution in [1.82, 2.24) is 5.32 Å². The summed E-state index contributed by atoms with van der Waals surface area (Å²) < 4.78 is 5.12. The quantitative estimate of drug-likeness (QED) is 0.501. The maximum atomic E-state index is 11.7. The van der Waals surface area contributed by atoms with Gasteiger partial charge in [0.05, 0.1) is 10.6 Å². The molecule has 4 nitrogen and oxygen atoms in total. The Morgan fingerprint density at radius 3 is 2.67 bits per heavy atom. The van der Waals surface area contributed by atoms with Gasteiger partial charge in [-0.25, -0.2) is 4.79 Å². The summed E-state index contributed by atoms with van der Waals surface area (Å²) in [7, 11) is 0. The third-order valence-corrected chi connectivity index (χ3v) is 2.52. The van der Waals surface area contributed by atoms with Gasteiger partial charge >= 0.3 is 5.97 Å². The lowest BCUT2D eigenvalue weighted by Gasteiger charge is -2.20. The highest BCUT2D eigenvalue weighted by molar-refractivity contribution is 6.33. The molecule has 18 heavy (non-hydrogen) atoms. The molecule has 0 aromatic heterocycles. The summed E-state index contributed by atoms with van der Waals surface area (Å²) in [4.78, 5) is 11.7. The van der Waals surface area contributed by atoms with E-state index in [1.54, 1.807) is 12.1 Å². The van der Waals surface area contributed by atoms with Gasteiger partial charge in [0.2, 0.25) is 0 Å². The number of hydrogen-bond acceptors (Lipinski definition) is 4. The average molecular weight is 271 g/mol. The molecule has 0 heterocycles. The van der Waals surface area contributed by atoms with Crippen molar-refractivity contribution in [3.8, 4) is 0 Å². The molecule has 0 aliphatic carbocycles. The Kier molecular flexibility index (Phi) is 4.99. The van der Waals surface area contributed by atoms with E-state index in [4.69, 9.17) is 22.1 Å². The van der Waals surface area contributed by atoms with Gasteiger partial charge in [-0.3, -0.25) is 0 Å². The Balaban J connectivity index is 2.46. The second-order valence-corrected chi connectivity index (χ2v) is 5.46. The lowest BCUT2D eigenvalue weighted by molar-refractivity contribution is 0.0502. The number of hydrogen-bond donors (Lipinski definition) is 2. The number of nitrogens with one attached hydrogen (secondary N) is 1. The van der Waals surface area contributed by atoms with E-state index in [1.165, 1.54) is 6.07 Å². The summed E-state index contributed by atoms with van der Waals surface area (Å²) in [5.41, 5.74) is 6.41. The molecule has 3 N–H and O–H groups in total. The van der Waals surface area contributed by atoms with Gasteiger partial charge in [0.15, 0.2) is 0 Å². The Morgan fingerprint density at radius 1 is 1.44 bits per heavy atom. The molecule has 0 bridgehead atoms. The predicted octanol–water partition coefficient (Wildman–Crippen LogP) is 2.47. The number of carbonyl (C=O) groups excluding carboxylic acids is 1. The molecule has 0 fully saturated rings. The number of ether oxygens (including phenoxy) is 1. The monoisotopic (exact) mass is 270 g/mol. The van der Waals surface area contributed by atoms with Gasteiger partial charge in [-0.2, -0.15) is 0 Å². The topological polar surface area (TPSA) is 64.3 Å². The van der Waals surface area contributed by atoms with Crippen LogP contribution in [0.4, 0.5) is 5.69 Å². The first-order valence-electron chi connectivity index (χ1n) is 5.77. The van der Waals surface area contributed by atoms with Crippen molar-refractivity contribution in [3.05, 3.63) is 28.8 Å². The minimum Gasteiger partial charge on any atom is -0.461 e. The van der Waals surface area contributed by atoms with E-state index in [9.17, 15) is 4.79 Å². The average Bonchev–Trinajstić information content (AvgIpc) is 2.22. The van der Waals surface area contributed by atoms with E-state index < -0.39 is 5.97 Å². The number of nitrogen functional groups attached to an aromatic ring is 1. The van der Waals surface area contributed by atoms with Crippen LogP contribution >= 0.6 is 11.6 Å². The first-order valence-corrected chi connectivity index (χ1v) is 6.14. The van der Waals surface area contributed by atoms with Gasteiger partial charge in [0.25, 0.3) is 0 Å². The molecule has 0 atom stereocenters. The molecule has 0 spiro atoms. The number of anilines is 1. The number of benzene rings is 1. The first-order chi connectivity index (χ1) is 8.29. The standard InChI is InChI=1S/C13H19ClN2O2/c1-13(2,3)16-6-7-18-12(17)10-5-4-9(15)8-11(10)14/h4-5,8,16H,6-7,15H2,1-3H3. The molecular formula is C13H19ClN2O2. The van der Waals surface area contributed by atoms with Gasteiger partial charge < -0.3 is 15.8 Å². The van der Waals surface area contributed by atoms with Gasteiger partial charge in [-0.15, -0.1) is 0 Å². The van der Waals surface area contributed by atoms with Crippen molar-refractivity contribution in [2.75, 3.05) is 18.9 Å². The Bertz CT molecular complexity index is 427. The van der Waals surface area contributed by atoms with E-state index in [2.05, 4.69) is 5.32 Å².